The number of halogens is 1. The van der Waals surface area contributed by atoms with Crippen molar-refractivity contribution in [3.63, 3.8) is 0 Å². The molecule has 1 aromatic carbocycles. The van der Waals surface area contributed by atoms with E-state index in [4.69, 9.17) is 16.0 Å². The third kappa shape index (κ3) is 3.75. The molecule has 0 saturated heterocycles. The Morgan fingerprint density at radius 2 is 2.07 bits per heavy atom. The van der Waals surface area contributed by atoms with E-state index in [0.717, 1.165) is 26.9 Å². The van der Waals surface area contributed by atoms with Crippen LogP contribution in [0, 0.1) is 6.92 Å². The highest BCUT2D eigenvalue weighted by molar-refractivity contribution is 7.09. The SMILES string of the molecule is Cc1cccc2cc(CN(Cc3cccs3)C(=O)c3ccco3)c(Cl)nc12. The van der Waals surface area contributed by atoms with Crippen LogP contribution in [0.5, 0.6) is 0 Å². The number of hydrogen-bond acceptors (Lipinski definition) is 4. The molecule has 0 spiro atoms. The first-order valence-electron chi connectivity index (χ1n) is 8.52. The summed E-state index contributed by atoms with van der Waals surface area (Å²) in [5.74, 6) is 0.140. The number of thiophene rings is 1. The molecule has 4 aromatic rings. The Kier molecular flexibility index (Phi) is 4.97. The Hall–Kier alpha value is -2.63. The number of fused-ring (bicyclic) bond motifs is 1. The first-order valence-corrected chi connectivity index (χ1v) is 9.77. The molecule has 4 nitrogen and oxygen atoms in total. The fraction of sp³-hybridized carbons (Fsp3) is 0.143. The molecule has 27 heavy (non-hydrogen) atoms. The summed E-state index contributed by atoms with van der Waals surface area (Å²) in [6.07, 6.45) is 1.50. The first kappa shape index (κ1) is 17.8. The average Bonchev–Trinajstić information content (AvgIpc) is 3.36. The highest BCUT2D eigenvalue weighted by Gasteiger charge is 2.21. The van der Waals surface area contributed by atoms with E-state index >= 15 is 0 Å². The zero-order valence-electron chi connectivity index (χ0n) is 14.7. The second-order valence-corrected chi connectivity index (χ2v) is 7.69. The number of carbonyl (C=O) groups excluding carboxylic acids is 1. The Balaban J connectivity index is 1.69. The third-order valence-corrected chi connectivity index (χ3v) is 5.57. The van der Waals surface area contributed by atoms with Crippen molar-refractivity contribution in [2.24, 2.45) is 0 Å². The van der Waals surface area contributed by atoms with E-state index in [1.54, 1.807) is 28.4 Å². The molecular weight excluding hydrogens is 380 g/mol. The van der Waals surface area contributed by atoms with E-state index in [1.807, 2.05) is 48.7 Å². The second kappa shape index (κ2) is 7.55. The van der Waals surface area contributed by atoms with E-state index in [0.29, 0.717) is 24.0 Å². The molecule has 0 fully saturated rings. The van der Waals surface area contributed by atoms with Crippen LogP contribution in [0.2, 0.25) is 5.15 Å². The van der Waals surface area contributed by atoms with Crippen LogP contribution in [0.4, 0.5) is 0 Å². The van der Waals surface area contributed by atoms with Gasteiger partial charge in [-0.3, -0.25) is 4.79 Å². The van der Waals surface area contributed by atoms with Gasteiger partial charge < -0.3 is 9.32 Å². The molecule has 0 atom stereocenters. The molecule has 3 heterocycles. The number of para-hydroxylation sites is 1. The summed E-state index contributed by atoms with van der Waals surface area (Å²) in [5, 5.41) is 3.43. The number of benzene rings is 1. The quantitative estimate of drug-likeness (QED) is 0.407. The van der Waals surface area contributed by atoms with E-state index in [2.05, 4.69) is 4.98 Å². The molecule has 0 radical (unpaired) electrons. The highest BCUT2D eigenvalue weighted by Crippen LogP contribution is 2.25. The number of rotatable bonds is 5. The number of aromatic nitrogens is 1. The van der Waals surface area contributed by atoms with Gasteiger partial charge in [-0.05, 0) is 42.1 Å². The molecule has 0 bridgehead atoms. The van der Waals surface area contributed by atoms with Gasteiger partial charge in [-0.25, -0.2) is 4.98 Å². The van der Waals surface area contributed by atoms with Crippen molar-refractivity contribution >= 4 is 39.7 Å². The van der Waals surface area contributed by atoms with Crippen molar-refractivity contribution in [3.05, 3.63) is 87.1 Å². The zero-order valence-corrected chi connectivity index (χ0v) is 16.3. The van der Waals surface area contributed by atoms with Gasteiger partial charge in [-0.15, -0.1) is 11.3 Å². The van der Waals surface area contributed by atoms with Crippen LogP contribution in [0.15, 0.2) is 64.6 Å². The number of amides is 1. The van der Waals surface area contributed by atoms with Crippen molar-refractivity contribution in [1.82, 2.24) is 9.88 Å². The van der Waals surface area contributed by atoms with Gasteiger partial charge in [0.2, 0.25) is 0 Å². The summed E-state index contributed by atoms with van der Waals surface area (Å²) in [6.45, 7) is 2.85. The lowest BCUT2D eigenvalue weighted by Crippen LogP contribution is -2.29. The minimum atomic E-state index is -0.172. The van der Waals surface area contributed by atoms with Crippen molar-refractivity contribution in [3.8, 4) is 0 Å². The van der Waals surface area contributed by atoms with Gasteiger partial charge in [-0.1, -0.05) is 35.9 Å². The maximum Gasteiger partial charge on any atom is 0.290 e. The largest absolute Gasteiger partial charge is 0.459 e. The molecule has 4 rings (SSSR count). The maximum absolute atomic E-state index is 12.9. The molecule has 136 valence electrons. The predicted molar refractivity (Wildman–Crippen MR) is 108 cm³/mol. The Morgan fingerprint density at radius 3 is 2.81 bits per heavy atom. The van der Waals surface area contributed by atoms with Crippen LogP contribution in [-0.2, 0) is 13.1 Å². The molecule has 1 amide bonds. The van der Waals surface area contributed by atoms with E-state index in [1.165, 1.54) is 6.26 Å². The standard InChI is InChI=1S/C21H17ClN2O2S/c1-14-5-2-6-15-11-16(20(22)23-19(14)15)12-24(13-17-7-4-10-27-17)21(25)18-8-3-9-26-18/h2-11H,12-13H2,1H3. The zero-order chi connectivity index (χ0) is 18.8. The monoisotopic (exact) mass is 396 g/mol. The number of pyridine rings is 1. The molecule has 0 unspecified atom stereocenters. The molecular formula is C21H17ClN2O2S. The molecule has 0 aliphatic heterocycles. The van der Waals surface area contributed by atoms with Gasteiger partial charge in [0.1, 0.15) is 5.15 Å². The van der Waals surface area contributed by atoms with Crippen molar-refractivity contribution in [1.29, 1.82) is 0 Å². The van der Waals surface area contributed by atoms with Crippen LogP contribution in [0.1, 0.15) is 26.6 Å². The Morgan fingerprint density at radius 1 is 1.19 bits per heavy atom. The fourth-order valence-electron chi connectivity index (χ4n) is 3.03. The minimum absolute atomic E-state index is 0.172. The number of aryl methyl sites for hydroxylation is 1. The van der Waals surface area contributed by atoms with Gasteiger partial charge in [-0.2, -0.15) is 0 Å². The summed E-state index contributed by atoms with van der Waals surface area (Å²) >= 11 is 8.07. The smallest absolute Gasteiger partial charge is 0.290 e. The van der Waals surface area contributed by atoms with E-state index < -0.39 is 0 Å². The molecule has 0 N–H and O–H groups in total. The lowest BCUT2D eigenvalue weighted by atomic mass is 10.1. The average molecular weight is 397 g/mol. The van der Waals surface area contributed by atoms with Crippen molar-refractivity contribution in [2.45, 2.75) is 20.0 Å². The summed E-state index contributed by atoms with van der Waals surface area (Å²) in [5.41, 5.74) is 2.77. The molecule has 0 aliphatic rings. The number of nitrogens with zero attached hydrogens (tertiary/aromatic N) is 2. The molecule has 0 aliphatic carbocycles. The van der Waals surface area contributed by atoms with Crippen LogP contribution >= 0.6 is 22.9 Å². The third-order valence-electron chi connectivity index (χ3n) is 4.38. The predicted octanol–water partition coefficient (Wildman–Crippen LogP) is 5.69. The van der Waals surface area contributed by atoms with Gasteiger partial charge in [0.15, 0.2) is 5.76 Å². The summed E-state index contributed by atoms with van der Waals surface area (Å²) in [4.78, 5) is 20.3. The van der Waals surface area contributed by atoms with Crippen molar-refractivity contribution in [2.75, 3.05) is 0 Å². The molecule has 0 saturated carbocycles. The minimum Gasteiger partial charge on any atom is -0.459 e. The highest BCUT2D eigenvalue weighted by atomic mass is 35.5. The second-order valence-electron chi connectivity index (χ2n) is 6.30. The topological polar surface area (TPSA) is 46.3 Å². The van der Waals surface area contributed by atoms with Crippen LogP contribution in [-0.4, -0.2) is 15.8 Å². The van der Waals surface area contributed by atoms with Gasteiger partial charge in [0.25, 0.3) is 5.91 Å². The maximum atomic E-state index is 12.9. The fourth-order valence-corrected chi connectivity index (χ4v) is 3.95. The summed E-state index contributed by atoms with van der Waals surface area (Å²) < 4.78 is 5.31. The van der Waals surface area contributed by atoms with Gasteiger partial charge in [0.05, 0.1) is 18.3 Å². The summed E-state index contributed by atoms with van der Waals surface area (Å²) in [7, 11) is 0. The van der Waals surface area contributed by atoms with Crippen molar-refractivity contribution < 1.29 is 9.21 Å². The van der Waals surface area contributed by atoms with Gasteiger partial charge in [0, 0.05) is 22.4 Å². The lowest BCUT2D eigenvalue weighted by Gasteiger charge is -2.22. The normalized spacial score (nSPS) is 11.0. The first-order chi connectivity index (χ1) is 13.1. The summed E-state index contributed by atoms with van der Waals surface area (Å²) in [6, 6.07) is 15.4. The number of carbonyl (C=O) groups is 1. The van der Waals surface area contributed by atoms with Gasteiger partial charge >= 0.3 is 0 Å². The van der Waals surface area contributed by atoms with Crippen LogP contribution in [0.3, 0.4) is 0 Å². The number of hydrogen-bond donors (Lipinski definition) is 0. The Labute approximate surface area is 166 Å². The lowest BCUT2D eigenvalue weighted by molar-refractivity contribution is 0.0699. The van der Waals surface area contributed by atoms with Crippen LogP contribution in [0.25, 0.3) is 10.9 Å². The molecule has 6 heteroatoms. The number of furan rings is 1. The van der Waals surface area contributed by atoms with Crippen LogP contribution < -0.4 is 0 Å². The van der Waals surface area contributed by atoms with E-state index in [-0.39, 0.29) is 5.91 Å². The Bertz CT molecular complexity index is 1080. The van der Waals surface area contributed by atoms with E-state index in [9.17, 15) is 4.79 Å². The molecule has 3 aromatic heterocycles.